The fourth-order valence-electron chi connectivity index (χ4n) is 1.94. The Bertz CT molecular complexity index is 484. The van der Waals surface area contributed by atoms with E-state index in [4.69, 9.17) is 0 Å². The lowest BCUT2D eigenvalue weighted by molar-refractivity contribution is 0.575. The van der Waals surface area contributed by atoms with Crippen molar-refractivity contribution in [1.29, 1.82) is 0 Å². The molecule has 1 heterocycles. The molecule has 0 radical (unpaired) electrons. The molecular formula is C11H15FN2O2S. The molecule has 1 fully saturated rings. The molecule has 1 aliphatic heterocycles. The first-order valence-electron chi connectivity index (χ1n) is 5.52. The van der Waals surface area contributed by atoms with Gasteiger partial charge >= 0.3 is 0 Å². The van der Waals surface area contributed by atoms with E-state index in [0.717, 1.165) is 19.5 Å². The van der Waals surface area contributed by atoms with Crippen LogP contribution in [-0.2, 0) is 10.0 Å². The maximum absolute atomic E-state index is 12.9. The standard InChI is InChI=1S/C11H15FN2O2S/c12-10-2-1-3-11(6-10)14-17(15,16)8-9-4-5-13-7-9/h1-3,6,9,13-14H,4-5,7-8H2. The lowest BCUT2D eigenvalue weighted by Gasteiger charge is -2.11. The van der Waals surface area contributed by atoms with Gasteiger partial charge in [0.2, 0.25) is 10.0 Å². The molecule has 1 atom stereocenters. The summed E-state index contributed by atoms with van der Waals surface area (Å²) in [4.78, 5) is 0. The lowest BCUT2D eigenvalue weighted by atomic mass is 10.2. The highest BCUT2D eigenvalue weighted by molar-refractivity contribution is 7.92. The molecule has 0 amide bonds. The highest BCUT2D eigenvalue weighted by atomic mass is 32.2. The maximum Gasteiger partial charge on any atom is 0.233 e. The van der Waals surface area contributed by atoms with E-state index in [1.165, 1.54) is 24.3 Å². The average molecular weight is 258 g/mol. The molecule has 1 aromatic carbocycles. The Balaban J connectivity index is 2.01. The van der Waals surface area contributed by atoms with Gasteiger partial charge in [0.05, 0.1) is 11.4 Å². The summed E-state index contributed by atoms with van der Waals surface area (Å²) in [7, 11) is -3.39. The van der Waals surface area contributed by atoms with Gasteiger partial charge in [0, 0.05) is 0 Å². The third-order valence-electron chi connectivity index (χ3n) is 2.72. The van der Waals surface area contributed by atoms with Gasteiger partial charge in [-0.15, -0.1) is 0 Å². The number of hydrogen-bond donors (Lipinski definition) is 2. The Hall–Kier alpha value is -1.14. The van der Waals surface area contributed by atoms with Crippen molar-refractivity contribution >= 4 is 15.7 Å². The zero-order valence-electron chi connectivity index (χ0n) is 9.32. The van der Waals surface area contributed by atoms with Crippen LogP contribution in [0.15, 0.2) is 24.3 Å². The van der Waals surface area contributed by atoms with Crippen molar-refractivity contribution in [3.8, 4) is 0 Å². The van der Waals surface area contributed by atoms with Crippen molar-refractivity contribution in [2.75, 3.05) is 23.6 Å². The van der Waals surface area contributed by atoms with Gasteiger partial charge in [-0.1, -0.05) is 6.07 Å². The summed E-state index contributed by atoms with van der Waals surface area (Å²) in [5.74, 6) is -0.231. The smallest absolute Gasteiger partial charge is 0.233 e. The first-order chi connectivity index (χ1) is 8.05. The first-order valence-corrected chi connectivity index (χ1v) is 7.17. The minimum Gasteiger partial charge on any atom is -0.316 e. The minimum atomic E-state index is -3.39. The Kier molecular flexibility index (Phi) is 3.63. The number of hydrogen-bond acceptors (Lipinski definition) is 3. The van der Waals surface area contributed by atoms with Crippen LogP contribution in [0.2, 0.25) is 0 Å². The molecule has 1 saturated heterocycles. The Labute approximate surface area is 100 Å². The monoisotopic (exact) mass is 258 g/mol. The van der Waals surface area contributed by atoms with Gasteiger partial charge in [-0.3, -0.25) is 4.72 Å². The molecule has 0 saturated carbocycles. The fourth-order valence-corrected chi connectivity index (χ4v) is 3.41. The molecule has 0 aliphatic carbocycles. The van der Waals surface area contributed by atoms with Gasteiger partial charge in [-0.25, -0.2) is 12.8 Å². The van der Waals surface area contributed by atoms with Crippen LogP contribution < -0.4 is 10.0 Å². The normalized spacial score (nSPS) is 20.4. The SMILES string of the molecule is O=S(=O)(CC1CCNC1)Nc1cccc(F)c1. The predicted molar refractivity (Wildman–Crippen MR) is 64.8 cm³/mol. The summed E-state index contributed by atoms with van der Waals surface area (Å²) in [5.41, 5.74) is 0.274. The first kappa shape index (κ1) is 12.3. The molecule has 17 heavy (non-hydrogen) atoms. The summed E-state index contributed by atoms with van der Waals surface area (Å²) in [6.45, 7) is 1.59. The summed E-state index contributed by atoms with van der Waals surface area (Å²) >= 11 is 0. The van der Waals surface area contributed by atoms with Crippen molar-refractivity contribution in [2.45, 2.75) is 6.42 Å². The van der Waals surface area contributed by atoms with E-state index in [0.29, 0.717) is 0 Å². The predicted octanol–water partition coefficient (Wildman–Crippen LogP) is 1.18. The third kappa shape index (κ3) is 3.67. The third-order valence-corrected chi connectivity index (χ3v) is 4.17. The molecule has 0 bridgehead atoms. The zero-order valence-corrected chi connectivity index (χ0v) is 10.1. The summed E-state index contributed by atoms with van der Waals surface area (Å²) < 4.78 is 38.9. The minimum absolute atomic E-state index is 0.0799. The number of rotatable bonds is 4. The molecule has 1 aromatic rings. The van der Waals surface area contributed by atoms with Crippen LogP contribution in [-0.4, -0.2) is 27.3 Å². The van der Waals surface area contributed by atoms with Gasteiger partial charge < -0.3 is 5.32 Å². The Morgan fingerprint density at radius 3 is 2.94 bits per heavy atom. The quantitative estimate of drug-likeness (QED) is 0.852. The molecule has 1 aliphatic rings. The van der Waals surface area contributed by atoms with Gasteiger partial charge in [0.25, 0.3) is 0 Å². The van der Waals surface area contributed by atoms with Crippen LogP contribution in [0.3, 0.4) is 0 Å². The molecular weight excluding hydrogens is 243 g/mol. The fraction of sp³-hybridized carbons (Fsp3) is 0.455. The van der Waals surface area contributed by atoms with E-state index in [9.17, 15) is 12.8 Å². The molecule has 0 spiro atoms. The number of anilines is 1. The molecule has 6 heteroatoms. The second-order valence-electron chi connectivity index (χ2n) is 4.25. The van der Waals surface area contributed by atoms with Crippen LogP contribution in [0.4, 0.5) is 10.1 Å². The van der Waals surface area contributed by atoms with E-state index < -0.39 is 15.8 Å². The molecule has 0 aromatic heterocycles. The highest BCUT2D eigenvalue weighted by Crippen LogP contribution is 2.15. The Morgan fingerprint density at radius 1 is 1.47 bits per heavy atom. The number of benzene rings is 1. The zero-order chi connectivity index (χ0) is 12.3. The van der Waals surface area contributed by atoms with Crippen molar-refractivity contribution in [3.63, 3.8) is 0 Å². The molecule has 4 nitrogen and oxygen atoms in total. The number of nitrogens with one attached hydrogen (secondary N) is 2. The van der Waals surface area contributed by atoms with Crippen LogP contribution in [0.25, 0.3) is 0 Å². The van der Waals surface area contributed by atoms with Crippen molar-refractivity contribution < 1.29 is 12.8 Å². The van der Waals surface area contributed by atoms with E-state index in [2.05, 4.69) is 10.0 Å². The largest absolute Gasteiger partial charge is 0.316 e. The highest BCUT2D eigenvalue weighted by Gasteiger charge is 2.22. The molecule has 2 N–H and O–H groups in total. The van der Waals surface area contributed by atoms with Gasteiger partial charge in [-0.05, 0) is 43.6 Å². The van der Waals surface area contributed by atoms with Crippen molar-refractivity contribution in [1.82, 2.24) is 5.32 Å². The number of sulfonamides is 1. The molecule has 94 valence electrons. The van der Waals surface area contributed by atoms with Gasteiger partial charge in [0.15, 0.2) is 0 Å². The maximum atomic E-state index is 12.9. The van der Waals surface area contributed by atoms with E-state index >= 15 is 0 Å². The van der Waals surface area contributed by atoms with Crippen LogP contribution in [0, 0.1) is 11.7 Å². The summed E-state index contributed by atoms with van der Waals surface area (Å²) in [6, 6.07) is 5.46. The van der Waals surface area contributed by atoms with Crippen LogP contribution in [0.5, 0.6) is 0 Å². The van der Waals surface area contributed by atoms with Gasteiger partial charge in [-0.2, -0.15) is 0 Å². The molecule has 2 rings (SSSR count). The van der Waals surface area contributed by atoms with Crippen LogP contribution >= 0.6 is 0 Å². The van der Waals surface area contributed by atoms with E-state index in [1.807, 2.05) is 0 Å². The Morgan fingerprint density at radius 2 is 2.29 bits per heavy atom. The van der Waals surface area contributed by atoms with Crippen LogP contribution in [0.1, 0.15) is 6.42 Å². The topological polar surface area (TPSA) is 58.2 Å². The second kappa shape index (κ2) is 5.01. The summed E-state index contributed by atoms with van der Waals surface area (Å²) in [6.07, 6.45) is 0.865. The van der Waals surface area contributed by atoms with Gasteiger partial charge in [0.1, 0.15) is 5.82 Å². The van der Waals surface area contributed by atoms with Crippen molar-refractivity contribution in [2.24, 2.45) is 5.92 Å². The van der Waals surface area contributed by atoms with E-state index in [1.54, 1.807) is 0 Å². The lowest BCUT2D eigenvalue weighted by Crippen LogP contribution is -2.24. The van der Waals surface area contributed by atoms with E-state index in [-0.39, 0.29) is 17.4 Å². The number of halogens is 1. The second-order valence-corrected chi connectivity index (χ2v) is 6.02. The average Bonchev–Trinajstić information content (AvgIpc) is 2.68. The van der Waals surface area contributed by atoms with Crippen molar-refractivity contribution in [3.05, 3.63) is 30.1 Å². The summed E-state index contributed by atoms with van der Waals surface area (Å²) in [5, 5.41) is 3.12. The molecule has 1 unspecified atom stereocenters.